The SMILES string of the molecule is CC(C)C(NC(=O)Cn1nnc(-c2ccccc2)n1)c1ccc2c(c1)OCCO2. The Kier molecular flexibility index (Phi) is 5.41. The van der Waals surface area contributed by atoms with Crippen molar-refractivity contribution in [1.82, 2.24) is 25.5 Å². The van der Waals surface area contributed by atoms with E-state index < -0.39 is 0 Å². The van der Waals surface area contributed by atoms with Crippen LogP contribution in [0.5, 0.6) is 11.5 Å². The molecule has 8 nitrogen and oxygen atoms in total. The zero-order chi connectivity index (χ0) is 20.2. The normalized spacial score (nSPS) is 13.9. The van der Waals surface area contributed by atoms with Crippen LogP contribution in [-0.2, 0) is 11.3 Å². The van der Waals surface area contributed by atoms with E-state index in [0.29, 0.717) is 24.8 Å². The lowest BCUT2D eigenvalue weighted by molar-refractivity contribution is -0.123. The van der Waals surface area contributed by atoms with Crippen LogP contribution in [0.3, 0.4) is 0 Å². The van der Waals surface area contributed by atoms with Crippen LogP contribution in [0.2, 0.25) is 0 Å². The van der Waals surface area contributed by atoms with Crippen molar-refractivity contribution in [3.63, 3.8) is 0 Å². The highest BCUT2D eigenvalue weighted by Crippen LogP contribution is 2.34. The summed E-state index contributed by atoms with van der Waals surface area (Å²) >= 11 is 0. The lowest BCUT2D eigenvalue weighted by atomic mass is 9.95. The molecule has 0 radical (unpaired) electrons. The number of amides is 1. The molecule has 2 heterocycles. The number of benzene rings is 2. The molecular weight excluding hydrogens is 370 g/mol. The summed E-state index contributed by atoms with van der Waals surface area (Å²) < 4.78 is 11.2. The molecule has 1 atom stereocenters. The van der Waals surface area contributed by atoms with Gasteiger partial charge in [0.25, 0.3) is 0 Å². The maximum absolute atomic E-state index is 12.6. The number of tetrazole rings is 1. The number of hydrogen-bond donors (Lipinski definition) is 1. The van der Waals surface area contributed by atoms with E-state index in [1.54, 1.807) is 0 Å². The van der Waals surface area contributed by atoms with Crippen LogP contribution in [0, 0.1) is 5.92 Å². The lowest BCUT2D eigenvalue weighted by Crippen LogP contribution is -2.34. The number of ether oxygens (including phenoxy) is 2. The minimum Gasteiger partial charge on any atom is -0.486 e. The minimum atomic E-state index is -0.185. The van der Waals surface area contributed by atoms with Crippen LogP contribution >= 0.6 is 0 Å². The maximum atomic E-state index is 12.6. The molecule has 8 heteroatoms. The lowest BCUT2D eigenvalue weighted by Gasteiger charge is -2.25. The number of rotatable bonds is 6. The Balaban J connectivity index is 1.45. The van der Waals surface area contributed by atoms with E-state index in [2.05, 4.69) is 34.6 Å². The van der Waals surface area contributed by atoms with Crippen molar-refractivity contribution in [2.75, 3.05) is 13.2 Å². The second kappa shape index (κ2) is 8.30. The molecule has 0 bridgehead atoms. The van der Waals surface area contributed by atoms with Crippen LogP contribution in [0.4, 0.5) is 0 Å². The van der Waals surface area contributed by atoms with Gasteiger partial charge in [0.1, 0.15) is 19.8 Å². The number of carbonyl (C=O) groups is 1. The van der Waals surface area contributed by atoms with Gasteiger partial charge in [-0.1, -0.05) is 50.2 Å². The van der Waals surface area contributed by atoms with Gasteiger partial charge in [-0.05, 0) is 28.8 Å². The fourth-order valence-electron chi connectivity index (χ4n) is 3.25. The molecule has 1 aliphatic rings. The second-order valence-corrected chi connectivity index (χ2v) is 7.20. The Morgan fingerprint density at radius 1 is 1.10 bits per heavy atom. The van der Waals surface area contributed by atoms with Crippen molar-refractivity contribution in [3.8, 4) is 22.9 Å². The summed E-state index contributed by atoms with van der Waals surface area (Å²) in [5, 5.41) is 15.4. The average Bonchev–Trinajstić information content (AvgIpc) is 3.20. The van der Waals surface area contributed by atoms with Crippen LogP contribution < -0.4 is 14.8 Å². The van der Waals surface area contributed by atoms with E-state index in [1.165, 1.54) is 4.80 Å². The number of nitrogens with one attached hydrogen (secondary N) is 1. The summed E-state index contributed by atoms with van der Waals surface area (Å²) in [5.41, 5.74) is 1.82. The molecule has 4 rings (SSSR count). The Hall–Kier alpha value is -3.42. The summed E-state index contributed by atoms with van der Waals surface area (Å²) in [6.45, 7) is 5.18. The predicted molar refractivity (Wildman–Crippen MR) is 106 cm³/mol. The van der Waals surface area contributed by atoms with Crippen LogP contribution in [0.15, 0.2) is 48.5 Å². The molecule has 150 valence electrons. The van der Waals surface area contributed by atoms with Crippen molar-refractivity contribution in [3.05, 3.63) is 54.1 Å². The van der Waals surface area contributed by atoms with Gasteiger partial charge < -0.3 is 14.8 Å². The zero-order valence-corrected chi connectivity index (χ0v) is 16.4. The van der Waals surface area contributed by atoms with Gasteiger partial charge in [-0.25, -0.2) is 0 Å². The molecule has 2 aromatic carbocycles. The van der Waals surface area contributed by atoms with Crippen LogP contribution in [0.1, 0.15) is 25.5 Å². The number of aromatic nitrogens is 4. The Labute approximate surface area is 168 Å². The molecule has 0 spiro atoms. The highest BCUT2D eigenvalue weighted by atomic mass is 16.6. The fraction of sp³-hybridized carbons (Fsp3) is 0.333. The Morgan fingerprint density at radius 3 is 2.62 bits per heavy atom. The quantitative estimate of drug-likeness (QED) is 0.692. The molecule has 0 aliphatic carbocycles. The van der Waals surface area contributed by atoms with Crippen molar-refractivity contribution < 1.29 is 14.3 Å². The van der Waals surface area contributed by atoms with Gasteiger partial charge in [-0.3, -0.25) is 4.79 Å². The van der Waals surface area contributed by atoms with E-state index >= 15 is 0 Å². The molecule has 0 fully saturated rings. The highest BCUT2D eigenvalue weighted by molar-refractivity contribution is 5.76. The van der Waals surface area contributed by atoms with Gasteiger partial charge in [-0.15, -0.1) is 10.2 Å². The monoisotopic (exact) mass is 393 g/mol. The first-order chi connectivity index (χ1) is 14.1. The number of hydrogen-bond acceptors (Lipinski definition) is 6. The molecule has 1 N–H and O–H groups in total. The Bertz CT molecular complexity index is 987. The highest BCUT2D eigenvalue weighted by Gasteiger charge is 2.22. The van der Waals surface area contributed by atoms with Gasteiger partial charge in [0.15, 0.2) is 11.5 Å². The molecule has 1 aromatic heterocycles. The molecule has 1 aliphatic heterocycles. The summed E-state index contributed by atoms with van der Waals surface area (Å²) in [6, 6.07) is 15.1. The van der Waals surface area contributed by atoms with E-state index in [4.69, 9.17) is 9.47 Å². The molecular formula is C21H23N5O3. The molecule has 0 saturated heterocycles. The van der Waals surface area contributed by atoms with Crippen LogP contribution in [-0.4, -0.2) is 39.3 Å². The van der Waals surface area contributed by atoms with Crippen molar-refractivity contribution in [1.29, 1.82) is 0 Å². The van der Waals surface area contributed by atoms with Gasteiger partial charge in [-0.2, -0.15) is 4.80 Å². The standard InChI is InChI=1S/C21H23N5O3/c1-14(2)20(16-8-9-17-18(12-16)29-11-10-28-17)22-19(27)13-26-24-21(23-25-26)15-6-4-3-5-7-15/h3-9,12,14,20H,10-11,13H2,1-2H3,(H,22,27). The largest absolute Gasteiger partial charge is 0.486 e. The summed E-state index contributed by atoms with van der Waals surface area (Å²) in [4.78, 5) is 13.9. The zero-order valence-electron chi connectivity index (χ0n) is 16.4. The molecule has 1 amide bonds. The summed E-state index contributed by atoms with van der Waals surface area (Å²) in [7, 11) is 0. The third-order valence-corrected chi connectivity index (χ3v) is 4.68. The fourth-order valence-corrected chi connectivity index (χ4v) is 3.25. The minimum absolute atomic E-state index is 0.00634. The van der Waals surface area contributed by atoms with E-state index in [-0.39, 0.29) is 24.4 Å². The van der Waals surface area contributed by atoms with Gasteiger partial charge in [0.2, 0.25) is 11.7 Å². The average molecular weight is 393 g/mol. The Morgan fingerprint density at radius 2 is 1.86 bits per heavy atom. The molecule has 3 aromatic rings. The van der Waals surface area contributed by atoms with E-state index in [1.807, 2.05) is 48.5 Å². The van der Waals surface area contributed by atoms with Gasteiger partial charge in [0, 0.05) is 5.56 Å². The topological polar surface area (TPSA) is 91.2 Å². The first kappa shape index (κ1) is 18.9. The van der Waals surface area contributed by atoms with Crippen molar-refractivity contribution in [2.45, 2.75) is 26.4 Å². The number of carbonyl (C=O) groups excluding carboxylic acids is 1. The predicted octanol–water partition coefficient (Wildman–Crippen LogP) is 2.62. The first-order valence-electron chi connectivity index (χ1n) is 9.62. The van der Waals surface area contributed by atoms with Crippen molar-refractivity contribution in [2.24, 2.45) is 5.92 Å². The third kappa shape index (κ3) is 4.37. The summed E-state index contributed by atoms with van der Waals surface area (Å²) in [6.07, 6.45) is 0. The molecule has 0 saturated carbocycles. The first-order valence-corrected chi connectivity index (χ1v) is 9.62. The smallest absolute Gasteiger partial charge is 0.244 e. The van der Waals surface area contributed by atoms with Gasteiger partial charge in [0.05, 0.1) is 6.04 Å². The van der Waals surface area contributed by atoms with E-state index in [0.717, 1.165) is 16.9 Å². The maximum Gasteiger partial charge on any atom is 0.244 e. The van der Waals surface area contributed by atoms with E-state index in [9.17, 15) is 4.79 Å². The molecule has 1 unspecified atom stereocenters. The number of nitrogens with zero attached hydrogens (tertiary/aromatic N) is 4. The summed E-state index contributed by atoms with van der Waals surface area (Å²) in [5.74, 6) is 1.93. The third-order valence-electron chi connectivity index (χ3n) is 4.68. The van der Waals surface area contributed by atoms with Crippen LogP contribution in [0.25, 0.3) is 11.4 Å². The molecule has 29 heavy (non-hydrogen) atoms. The number of fused-ring (bicyclic) bond motifs is 1. The second-order valence-electron chi connectivity index (χ2n) is 7.20. The van der Waals surface area contributed by atoms with Gasteiger partial charge >= 0.3 is 0 Å². The van der Waals surface area contributed by atoms with Crippen molar-refractivity contribution >= 4 is 5.91 Å².